The van der Waals surface area contributed by atoms with Crippen molar-refractivity contribution >= 4 is 25.7 Å². The average molecular weight is 424 g/mol. The Hall–Kier alpha value is -1.96. The Labute approximate surface area is 158 Å². The first-order valence-corrected chi connectivity index (χ1v) is 10.6. The highest BCUT2D eigenvalue weighted by atomic mass is 32.2. The third-order valence-electron chi connectivity index (χ3n) is 2.77. The number of aliphatic hydroxyl groups is 2. The summed E-state index contributed by atoms with van der Waals surface area (Å²) in [7, 11) is -7.40. The second-order valence-corrected chi connectivity index (χ2v) is 8.74. The first-order chi connectivity index (χ1) is 12.1. The van der Waals surface area contributed by atoms with Crippen molar-refractivity contribution in [1.82, 2.24) is 0 Å². The van der Waals surface area contributed by atoms with Crippen molar-refractivity contribution in [3.63, 3.8) is 0 Å². The van der Waals surface area contributed by atoms with Crippen LogP contribution < -0.4 is 16.0 Å². The molecular formula is C15H25N3O7S2. The van der Waals surface area contributed by atoms with E-state index in [0.717, 1.165) is 0 Å². The van der Waals surface area contributed by atoms with Gasteiger partial charge in [-0.1, -0.05) is 0 Å². The van der Waals surface area contributed by atoms with Crippen LogP contribution in [0, 0.1) is 0 Å². The fraction of sp³-hybridized carbons (Fsp3) is 0.333. The minimum atomic E-state index is -3.82. The molecular weight excluding hydrogens is 398 g/mol. The van der Waals surface area contributed by atoms with Crippen molar-refractivity contribution < 1.29 is 31.5 Å². The molecule has 0 saturated heterocycles. The van der Waals surface area contributed by atoms with Crippen LogP contribution in [0.3, 0.4) is 0 Å². The largest absolute Gasteiger partial charge is 0.451 e. The number of furan rings is 1. The van der Waals surface area contributed by atoms with Gasteiger partial charge in [0.25, 0.3) is 10.0 Å². The van der Waals surface area contributed by atoms with Gasteiger partial charge in [0.1, 0.15) is 0 Å². The third-order valence-corrected chi connectivity index (χ3v) is 4.48. The fourth-order valence-electron chi connectivity index (χ4n) is 1.44. The number of aliphatic hydroxyl groups excluding tert-OH is 1. The van der Waals surface area contributed by atoms with E-state index in [4.69, 9.17) is 21.1 Å². The van der Waals surface area contributed by atoms with Crippen molar-refractivity contribution in [1.29, 1.82) is 0 Å². The summed E-state index contributed by atoms with van der Waals surface area (Å²) < 4.78 is 47.6. The lowest BCUT2D eigenvalue weighted by molar-refractivity contribution is 0.0779. The highest BCUT2D eigenvalue weighted by Gasteiger charge is 2.22. The number of benzene rings is 1. The van der Waals surface area contributed by atoms with Crippen LogP contribution in [0.15, 0.2) is 51.0 Å². The SMILES string of the molecule is CC(C)(O)c1coc(S(N)(=O)=O)c1.CCO.Nc1ccc(S(N)(=O)=O)cc1. The maximum atomic E-state index is 10.8. The number of hydrogen-bond acceptors (Lipinski definition) is 8. The number of hydrogen-bond donors (Lipinski definition) is 5. The first-order valence-electron chi connectivity index (χ1n) is 7.46. The van der Waals surface area contributed by atoms with Crippen molar-refractivity contribution in [3.05, 3.63) is 42.2 Å². The Kier molecular flexibility index (Phi) is 9.11. The number of sulfonamides is 2. The van der Waals surface area contributed by atoms with Gasteiger partial charge in [0.05, 0.1) is 16.8 Å². The maximum absolute atomic E-state index is 10.8. The molecule has 154 valence electrons. The number of rotatable bonds is 3. The second kappa shape index (κ2) is 9.82. The summed E-state index contributed by atoms with van der Waals surface area (Å²) in [6.07, 6.45) is 1.17. The minimum Gasteiger partial charge on any atom is -0.451 e. The van der Waals surface area contributed by atoms with Gasteiger partial charge in [-0.05, 0) is 45.0 Å². The average Bonchev–Trinajstić information content (AvgIpc) is 2.98. The van der Waals surface area contributed by atoms with Crippen molar-refractivity contribution in [2.45, 2.75) is 36.4 Å². The van der Waals surface area contributed by atoms with E-state index in [1.165, 1.54) is 50.4 Å². The molecule has 0 aliphatic heterocycles. The van der Waals surface area contributed by atoms with Gasteiger partial charge in [-0.2, -0.15) is 0 Å². The molecule has 1 aromatic heterocycles. The lowest BCUT2D eigenvalue weighted by Crippen LogP contribution is -2.15. The normalized spacial score (nSPS) is 11.7. The van der Waals surface area contributed by atoms with Gasteiger partial charge in [0.2, 0.25) is 15.1 Å². The molecule has 10 nitrogen and oxygen atoms in total. The summed E-state index contributed by atoms with van der Waals surface area (Å²) in [6.45, 7) is 4.97. The van der Waals surface area contributed by atoms with Crippen LogP contribution in [0.2, 0.25) is 0 Å². The predicted octanol–water partition coefficient (Wildman–Crippen LogP) is 0.0692. The third kappa shape index (κ3) is 9.51. The summed E-state index contributed by atoms with van der Waals surface area (Å²) in [5.74, 6) is 0. The quantitative estimate of drug-likeness (QED) is 0.427. The van der Waals surface area contributed by atoms with Gasteiger partial charge in [0.15, 0.2) is 0 Å². The highest BCUT2D eigenvalue weighted by Crippen LogP contribution is 2.23. The highest BCUT2D eigenvalue weighted by molar-refractivity contribution is 7.89. The van der Waals surface area contributed by atoms with E-state index in [0.29, 0.717) is 11.3 Å². The minimum absolute atomic E-state index is 0.0756. The van der Waals surface area contributed by atoms with Crippen LogP contribution in [-0.2, 0) is 25.6 Å². The van der Waals surface area contributed by atoms with E-state index in [9.17, 15) is 21.9 Å². The van der Waals surface area contributed by atoms with E-state index in [1.807, 2.05) is 0 Å². The zero-order chi connectivity index (χ0) is 21.5. The lowest BCUT2D eigenvalue weighted by Gasteiger charge is -2.13. The molecule has 0 amide bonds. The summed E-state index contributed by atoms with van der Waals surface area (Å²) in [5, 5.41) is 26.3. The van der Waals surface area contributed by atoms with E-state index in [-0.39, 0.29) is 16.6 Å². The molecule has 1 aromatic carbocycles. The number of nitrogen functional groups attached to an aromatic ring is 1. The van der Waals surface area contributed by atoms with E-state index in [1.54, 1.807) is 6.92 Å². The molecule has 0 aliphatic rings. The maximum Gasteiger partial charge on any atom is 0.271 e. The van der Waals surface area contributed by atoms with Crippen molar-refractivity contribution in [3.8, 4) is 0 Å². The molecule has 0 aliphatic carbocycles. The standard InChI is InChI=1S/C7H11NO4S.C6H8N2O2S.C2H6O/c1-7(2,9)5-3-6(12-4-5)13(8,10)11;7-5-1-3-6(4-2-5)11(8,9)10;1-2-3/h3-4,9H,1-2H3,(H2,8,10,11);1-4H,7H2,(H2,8,9,10);3H,2H2,1H3. The first kappa shape index (κ1) is 25.0. The van der Waals surface area contributed by atoms with E-state index in [2.05, 4.69) is 4.42 Å². The van der Waals surface area contributed by atoms with Crippen LogP contribution in [0.25, 0.3) is 0 Å². The van der Waals surface area contributed by atoms with Gasteiger partial charge in [-0.25, -0.2) is 27.1 Å². The fourth-order valence-corrected chi connectivity index (χ4v) is 2.43. The summed E-state index contributed by atoms with van der Waals surface area (Å²) in [4.78, 5) is 0.0756. The molecule has 0 unspecified atom stereocenters. The number of nitrogens with two attached hydrogens (primary N) is 3. The van der Waals surface area contributed by atoms with Gasteiger partial charge >= 0.3 is 0 Å². The van der Waals surface area contributed by atoms with Gasteiger partial charge < -0.3 is 20.4 Å². The monoisotopic (exact) mass is 423 g/mol. The molecule has 0 fully saturated rings. The molecule has 12 heteroatoms. The summed E-state index contributed by atoms with van der Waals surface area (Å²) in [5.41, 5.74) is 5.09. The van der Waals surface area contributed by atoms with Crippen molar-refractivity contribution in [2.75, 3.05) is 12.3 Å². The molecule has 2 aromatic rings. The Bertz CT molecular complexity index is 913. The van der Waals surface area contributed by atoms with E-state index >= 15 is 0 Å². The molecule has 8 N–H and O–H groups in total. The zero-order valence-corrected chi connectivity index (χ0v) is 16.8. The Morgan fingerprint density at radius 3 is 1.74 bits per heavy atom. The number of primary sulfonamides is 2. The molecule has 0 atom stereocenters. The molecule has 2 rings (SSSR count). The van der Waals surface area contributed by atoms with Gasteiger partial charge in [0, 0.05) is 23.9 Å². The summed E-state index contributed by atoms with van der Waals surface area (Å²) in [6, 6.07) is 6.91. The Morgan fingerprint density at radius 1 is 1.04 bits per heavy atom. The molecule has 0 bridgehead atoms. The molecule has 1 heterocycles. The van der Waals surface area contributed by atoms with Gasteiger partial charge in [-0.15, -0.1) is 0 Å². The van der Waals surface area contributed by atoms with Crippen LogP contribution in [0.5, 0.6) is 0 Å². The van der Waals surface area contributed by atoms with Crippen LogP contribution in [0.4, 0.5) is 5.69 Å². The zero-order valence-electron chi connectivity index (χ0n) is 15.2. The van der Waals surface area contributed by atoms with Crippen LogP contribution >= 0.6 is 0 Å². The Balaban J connectivity index is 0.000000442. The second-order valence-electron chi connectivity index (χ2n) is 5.69. The van der Waals surface area contributed by atoms with Gasteiger partial charge in [-0.3, -0.25) is 0 Å². The number of anilines is 1. The molecule has 27 heavy (non-hydrogen) atoms. The summed E-state index contributed by atoms with van der Waals surface area (Å²) >= 11 is 0. The lowest BCUT2D eigenvalue weighted by atomic mass is 10.0. The van der Waals surface area contributed by atoms with Crippen LogP contribution in [-0.4, -0.2) is 33.7 Å². The van der Waals surface area contributed by atoms with E-state index < -0.39 is 25.6 Å². The molecule has 0 spiro atoms. The molecule has 0 saturated carbocycles. The molecule has 0 radical (unpaired) electrons. The van der Waals surface area contributed by atoms with Crippen LogP contribution in [0.1, 0.15) is 26.3 Å². The Morgan fingerprint density at radius 2 is 1.48 bits per heavy atom. The predicted molar refractivity (Wildman–Crippen MR) is 100 cm³/mol. The topological polar surface area (TPSA) is 200 Å². The smallest absolute Gasteiger partial charge is 0.271 e. The van der Waals surface area contributed by atoms with Crippen molar-refractivity contribution in [2.24, 2.45) is 10.3 Å².